The quantitative estimate of drug-likeness (QED) is 0.295. The summed E-state index contributed by atoms with van der Waals surface area (Å²) in [6, 6.07) is 13.3. The molecule has 3 aromatic heterocycles. The van der Waals surface area contributed by atoms with E-state index in [1.54, 1.807) is 24.5 Å². The molecule has 0 radical (unpaired) electrons. The maximum Gasteiger partial charge on any atom is 0.266 e. The Morgan fingerprint density at radius 1 is 1.03 bits per heavy atom. The van der Waals surface area contributed by atoms with Crippen LogP contribution in [0, 0.1) is 0 Å². The topological polar surface area (TPSA) is 76.4 Å². The highest BCUT2D eigenvalue weighted by Crippen LogP contribution is 2.25. The molecule has 0 aliphatic carbocycles. The molecule has 170 valence electrons. The molecule has 6 heteroatoms. The van der Waals surface area contributed by atoms with Gasteiger partial charge in [-0.15, -0.1) is 0 Å². The maximum atomic E-state index is 13.3. The van der Waals surface area contributed by atoms with Crippen LogP contribution in [0.4, 0.5) is 0 Å². The van der Waals surface area contributed by atoms with E-state index < -0.39 is 0 Å². The summed E-state index contributed by atoms with van der Waals surface area (Å²) in [6.07, 6.45) is 10.6. The third-order valence-electron chi connectivity index (χ3n) is 5.97. The predicted octanol–water partition coefficient (Wildman–Crippen LogP) is 4.90. The number of carbonyl (C=O) groups excluding carboxylic acids is 1. The lowest BCUT2D eigenvalue weighted by Crippen LogP contribution is -2.28. The first-order valence-corrected chi connectivity index (χ1v) is 11.7. The summed E-state index contributed by atoms with van der Waals surface area (Å²) in [7, 11) is 0. The summed E-state index contributed by atoms with van der Waals surface area (Å²) < 4.78 is 1.51. The van der Waals surface area contributed by atoms with Crippen LogP contribution >= 0.6 is 0 Å². The van der Waals surface area contributed by atoms with Crippen LogP contribution in [0.1, 0.15) is 66.9 Å². The lowest BCUT2D eigenvalue weighted by atomic mass is 9.93. The highest BCUT2D eigenvalue weighted by atomic mass is 16.2. The largest absolute Gasteiger partial charge is 0.352 e. The van der Waals surface area contributed by atoms with Crippen molar-refractivity contribution in [3.8, 4) is 0 Å². The van der Waals surface area contributed by atoms with Crippen LogP contribution in [0.15, 0.2) is 65.8 Å². The molecule has 6 nitrogen and oxygen atoms in total. The smallest absolute Gasteiger partial charge is 0.266 e. The number of nitrogens with zero attached hydrogens (tertiary/aromatic N) is 3. The van der Waals surface area contributed by atoms with E-state index in [0.717, 1.165) is 37.7 Å². The lowest BCUT2D eigenvalue weighted by molar-refractivity contribution is 0.0953. The van der Waals surface area contributed by atoms with Crippen molar-refractivity contribution in [2.45, 2.75) is 51.9 Å². The van der Waals surface area contributed by atoms with Crippen LogP contribution in [0.2, 0.25) is 0 Å². The molecule has 4 aromatic rings. The molecule has 0 saturated heterocycles. The normalized spacial score (nSPS) is 11.4. The summed E-state index contributed by atoms with van der Waals surface area (Å²) >= 11 is 0. The maximum absolute atomic E-state index is 13.3. The van der Waals surface area contributed by atoms with Crippen LogP contribution in [-0.2, 0) is 6.42 Å². The highest BCUT2D eigenvalue weighted by molar-refractivity contribution is 6.07. The lowest BCUT2D eigenvalue weighted by Gasteiger charge is -2.16. The molecule has 33 heavy (non-hydrogen) atoms. The van der Waals surface area contributed by atoms with Gasteiger partial charge in [-0.2, -0.15) is 0 Å². The van der Waals surface area contributed by atoms with Crippen molar-refractivity contribution >= 4 is 22.5 Å². The van der Waals surface area contributed by atoms with Gasteiger partial charge in [0.1, 0.15) is 5.65 Å². The van der Waals surface area contributed by atoms with Gasteiger partial charge in [0.05, 0.1) is 16.5 Å². The number of aromatic nitrogens is 3. The summed E-state index contributed by atoms with van der Waals surface area (Å²) in [5.74, 6) is -0.0899. The zero-order valence-corrected chi connectivity index (χ0v) is 19.3. The van der Waals surface area contributed by atoms with Crippen LogP contribution in [0.5, 0.6) is 0 Å². The molecule has 0 atom stereocenters. The highest BCUT2D eigenvalue weighted by Gasteiger charge is 2.21. The number of nitrogens with one attached hydrogen (secondary N) is 1. The molecule has 1 N–H and O–H groups in total. The Morgan fingerprint density at radius 2 is 1.88 bits per heavy atom. The zero-order chi connectivity index (χ0) is 23.2. The first kappa shape index (κ1) is 22.6. The summed E-state index contributed by atoms with van der Waals surface area (Å²) in [4.78, 5) is 35.3. The van der Waals surface area contributed by atoms with Gasteiger partial charge in [-0.3, -0.25) is 19.0 Å². The summed E-state index contributed by atoms with van der Waals surface area (Å²) in [6.45, 7) is 4.65. The minimum Gasteiger partial charge on any atom is -0.352 e. The number of rotatable bonds is 9. The fourth-order valence-corrected chi connectivity index (χ4v) is 4.23. The first-order valence-electron chi connectivity index (χ1n) is 11.7. The molecule has 0 unspecified atom stereocenters. The van der Waals surface area contributed by atoms with Crippen molar-refractivity contribution in [3.63, 3.8) is 0 Å². The van der Waals surface area contributed by atoms with Gasteiger partial charge in [0.25, 0.3) is 11.5 Å². The molecular weight excluding hydrogens is 412 g/mol. The Morgan fingerprint density at radius 3 is 2.67 bits per heavy atom. The Balaban J connectivity index is 1.46. The molecule has 0 spiro atoms. The molecule has 3 heterocycles. The average Bonchev–Trinajstić information content (AvgIpc) is 2.83. The van der Waals surface area contributed by atoms with Gasteiger partial charge in [-0.25, -0.2) is 4.98 Å². The molecular formula is C27H30N4O2. The van der Waals surface area contributed by atoms with E-state index in [0.29, 0.717) is 28.7 Å². The van der Waals surface area contributed by atoms with Gasteiger partial charge >= 0.3 is 0 Å². The molecule has 0 saturated carbocycles. The Hall–Kier alpha value is -3.54. The number of hydrogen-bond donors (Lipinski definition) is 1. The van der Waals surface area contributed by atoms with Gasteiger partial charge in [0.15, 0.2) is 0 Å². The number of hydrogen-bond acceptors (Lipinski definition) is 4. The van der Waals surface area contributed by atoms with Gasteiger partial charge < -0.3 is 5.32 Å². The first-order chi connectivity index (χ1) is 16.1. The van der Waals surface area contributed by atoms with Crippen LogP contribution in [-0.4, -0.2) is 26.8 Å². The van der Waals surface area contributed by atoms with Crippen LogP contribution in [0.3, 0.4) is 0 Å². The predicted molar refractivity (Wildman–Crippen MR) is 132 cm³/mol. The summed E-state index contributed by atoms with van der Waals surface area (Å²) in [5, 5.41) is 3.43. The molecule has 0 aliphatic heterocycles. The number of carbonyl (C=O) groups is 1. The fourth-order valence-electron chi connectivity index (χ4n) is 4.23. The van der Waals surface area contributed by atoms with E-state index in [4.69, 9.17) is 0 Å². The molecule has 0 fully saturated rings. The third-order valence-corrected chi connectivity index (χ3v) is 5.97. The number of amides is 1. The number of fused-ring (bicyclic) bond motifs is 2. The second-order valence-corrected chi connectivity index (χ2v) is 8.71. The summed E-state index contributed by atoms with van der Waals surface area (Å²) in [5.41, 5.74) is 3.50. The number of unbranched alkanes of at least 4 members (excludes halogenated alkanes) is 3. The number of benzene rings is 1. The van der Waals surface area contributed by atoms with Crippen LogP contribution < -0.4 is 10.9 Å². The molecule has 0 aliphatic rings. The Kier molecular flexibility index (Phi) is 7.13. The monoisotopic (exact) mass is 442 g/mol. The van der Waals surface area contributed by atoms with E-state index in [2.05, 4.69) is 21.4 Å². The molecule has 1 amide bonds. The van der Waals surface area contributed by atoms with E-state index in [1.165, 1.54) is 9.96 Å². The van der Waals surface area contributed by atoms with E-state index >= 15 is 0 Å². The number of aryl methyl sites for hydroxylation is 1. The molecule has 0 bridgehead atoms. The minimum atomic E-state index is -0.210. The fraction of sp³-hybridized carbons (Fsp3) is 0.333. The van der Waals surface area contributed by atoms with Crippen molar-refractivity contribution in [2.75, 3.05) is 6.54 Å². The minimum absolute atomic E-state index is 0.110. The van der Waals surface area contributed by atoms with E-state index in [1.807, 2.05) is 44.3 Å². The van der Waals surface area contributed by atoms with Crippen molar-refractivity contribution in [2.24, 2.45) is 0 Å². The SMILES string of the molecule is CC(C)c1ccc2nc3ccccn3c(=O)c2c1C(=O)NCCCCCCc1cccnc1. The average molecular weight is 443 g/mol. The standard InChI is InChI=1S/C27H30N4O2/c1-19(2)21-13-14-22-25(27(33)31-17-8-6-12-23(31)30-22)24(21)26(32)29-16-7-4-3-5-10-20-11-9-15-28-18-20/h6,8-9,11-15,17-19H,3-5,7,10,16H2,1-2H3,(H,29,32). The van der Waals surface area contributed by atoms with Crippen LogP contribution in [0.25, 0.3) is 16.6 Å². The molecule has 1 aromatic carbocycles. The van der Waals surface area contributed by atoms with Gasteiger partial charge in [0, 0.05) is 25.1 Å². The van der Waals surface area contributed by atoms with Crippen molar-refractivity contribution in [3.05, 3.63) is 88.1 Å². The third kappa shape index (κ3) is 5.11. The van der Waals surface area contributed by atoms with E-state index in [-0.39, 0.29) is 17.4 Å². The van der Waals surface area contributed by atoms with Gasteiger partial charge in [-0.1, -0.05) is 44.9 Å². The zero-order valence-electron chi connectivity index (χ0n) is 19.3. The second kappa shape index (κ2) is 10.4. The molecule has 4 rings (SSSR count). The van der Waals surface area contributed by atoms with Crippen molar-refractivity contribution in [1.82, 2.24) is 19.7 Å². The van der Waals surface area contributed by atoms with Crippen molar-refractivity contribution < 1.29 is 4.79 Å². The van der Waals surface area contributed by atoms with E-state index in [9.17, 15) is 9.59 Å². The number of pyridine rings is 2. The van der Waals surface area contributed by atoms with Gasteiger partial charge in [0.2, 0.25) is 0 Å². The second-order valence-electron chi connectivity index (χ2n) is 8.71. The Labute approximate surface area is 193 Å². The van der Waals surface area contributed by atoms with Gasteiger partial charge in [-0.05, 0) is 60.6 Å². The van der Waals surface area contributed by atoms with Crippen molar-refractivity contribution in [1.29, 1.82) is 0 Å². The Bertz CT molecular complexity index is 1310.